The summed E-state index contributed by atoms with van der Waals surface area (Å²) in [4.78, 5) is 10.7. The third-order valence-corrected chi connectivity index (χ3v) is 3.83. The molecule has 2 N–H and O–H groups in total. The Hall–Kier alpha value is -2.49. The molecule has 4 heteroatoms. The van der Waals surface area contributed by atoms with Crippen molar-refractivity contribution in [3.05, 3.63) is 52.1 Å². The summed E-state index contributed by atoms with van der Waals surface area (Å²) >= 11 is 0. The molecular formula is C19H22O4. The first-order valence-electron chi connectivity index (χ1n) is 7.58. The highest BCUT2D eigenvalue weighted by Crippen LogP contribution is 2.33. The number of carboxylic acids is 1. The van der Waals surface area contributed by atoms with Crippen LogP contribution < -0.4 is 4.74 Å². The Morgan fingerprint density at radius 1 is 0.957 bits per heavy atom. The van der Waals surface area contributed by atoms with Crippen molar-refractivity contribution < 1.29 is 19.7 Å². The Balaban J connectivity index is 2.28. The molecule has 0 bridgehead atoms. The molecule has 23 heavy (non-hydrogen) atoms. The minimum Gasteiger partial charge on any atom is -0.507 e. The Bertz CT molecular complexity index is 701. The molecule has 0 aromatic heterocycles. The molecule has 0 heterocycles. The average molecular weight is 314 g/mol. The zero-order valence-corrected chi connectivity index (χ0v) is 13.9. The van der Waals surface area contributed by atoms with Crippen LogP contribution in [-0.2, 0) is 11.2 Å². The van der Waals surface area contributed by atoms with Crippen molar-refractivity contribution in [3.8, 4) is 17.2 Å². The van der Waals surface area contributed by atoms with Gasteiger partial charge in [-0.25, -0.2) is 0 Å². The van der Waals surface area contributed by atoms with Crippen molar-refractivity contribution in [2.24, 2.45) is 0 Å². The smallest absolute Gasteiger partial charge is 0.303 e. The fraction of sp³-hybridized carbons (Fsp3) is 0.316. The van der Waals surface area contributed by atoms with Crippen LogP contribution in [0.5, 0.6) is 17.2 Å². The molecule has 0 unspecified atom stereocenters. The Labute approximate surface area is 136 Å². The van der Waals surface area contributed by atoms with Crippen LogP contribution in [0.3, 0.4) is 0 Å². The van der Waals surface area contributed by atoms with E-state index in [0.29, 0.717) is 12.2 Å². The van der Waals surface area contributed by atoms with Crippen molar-refractivity contribution in [1.29, 1.82) is 0 Å². The third-order valence-electron chi connectivity index (χ3n) is 3.83. The number of hydrogen-bond acceptors (Lipinski definition) is 3. The molecule has 2 aromatic carbocycles. The molecule has 0 aliphatic carbocycles. The van der Waals surface area contributed by atoms with E-state index in [2.05, 4.69) is 0 Å². The van der Waals surface area contributed by atoms with E-state index in [9.17, 15) is 9.90 Å². The topological polar surface area (TPSA) is 66.8 Å². The summed E-state index contributed by atoms with van der Waals surface area (Å²) in [7, 11) is 0. The molecular weight excluding hydrogens is 292 g/mol. The lowest BCUT2D eigenvalue weighted by Crippen LogP contribution is -1.99. The van der Waals surface area contributed by atoms with Gasteiger partial charge in [0.25, 0.3) is 0 Å². The van der Waals surface area contributed by atoms with E-state index in [-0.39, 0.29) is 12.2 Å². The van der Waals surface area contributed by atoms with Gasteiger partial charge in [-0.2, -0.15) is 0 Å². The van der Waals surface area contributed by atoms with Crippen LogP contribution in [0.2, 0.25) is 0 Å². The monoisotopic (exact) mass is 314 g/mol. The summed E-state index contributed by atoms with van der Waals surface area (Å²) in [5.41, 5.74) is 4.47. The number of rotatable bonds is 5. The molecule has 4 nitrogen and oxygen atoms in total. The molecule has 0 radical (unpaired) electrons. The molecule has 0 spiro atoms. The molecule has 0 aliphatic rings. The summed E-state index contributed by atoms with van der Waals surface area (Å²) in [6.07, 6.45) is 0.629. The van der Waals surface area contributed by atoms with E-state index >= 15 is 0 Å². The molecule has 122 valence electrons. The van der Waals surface area contributed by atoms with Gasteiger partial charge in [0.15, 0.2) is 0 Å². The van der Waals surface area contributed by atoms with Crippen LogP contribution in [0.4, 0.5) is 0 Å². The maximum Gasteiger partial charge on any atom is 0.303 e. The quantitative estimate of drug-likeness (QED) is 0.856. The zero-order chi connectivity index (χ0) is 17.1. The van der Waals surface area contributed by atoms with Gasteiger partial charge in [-0.05, 0) is 74.1 Å². The molecule has 0 fully saturated rings. The van der Waals surface area contributed by atoms with Gasteiger partial charge in [0.05, 0.1) is 0 Å². The zero-order valence-electron chi connectivity index (χ0n) is 13.9. The summed E-state index contributed by atoms with van der Waals surface area (Å²) < 4.78 is 6.01. The van der Waals surface area contributed by atoms with Gasteiger partial charge in [-0.3, -0.25) is 4.79 Å². The summed E-state index contributed by atoms with van der Waals surface area (Å²) in [6.45, 7) is 7.58. The van der Waals surface area contributed by atoms with Gasteiger partial charge < -0.3 is 14.9 Å². The second-order valence-electron chi connectivity index (χ2n) is 5.96. The normalized spacial score (nSPS) is 10.6. The number of hydrogen-bond donors (Lipinski definition) is 2. The number of aryl methyl sites for hydroxylation is 5. The van der Waals surface area contributed by atoms with Crippen LogP contribution in [0.25, 0.3) is 0 Å². The van der Waals surface area contributed by atoms with Crippen LogP contribution in [0, 0.1) is 27.7 Å². The lowest BCUT2D eigenvalue weighted by Gasteiger charge is -2.15. The SMILES string of the molecule is Cc1cc(Oc2c(C)cc(CCC(=O)O)cc2C)cc(C)c1O. The average Bonchev–Trinajstić information content (AvgIpc) is 2.46. The van der Waals surface area contributed by atoms with Gasteiger partial charge in [-0.15, -0.1) is 0 Å². The number of aromatic hydroxyl groups is 1. The highest BCUT2D eigenvalue weighted by atomic mass is 16.5. The number of ether oxygens (including phenoxy) is 1. The standard InChI is InChI=1S/C19H22O4/c1-11-9-16(10-12(2)18(11)22)23-19-13(3)7-15(8-14(19)4)5-6-17(20)21/h7-10,22H,5-6H2,1-4H3,(H,20,21). The van der Waals surface area contributed by atoms with E-state index in [0.717, 1.165) is 33.6 Å². The largest absolute Gasteiger partial charge is 0.507 e. The van der Waals surface area contributed by atoms with Crippen molar-refractivity contribution >= 4 is 5.97 Å². The lowest BCUT2D eigenvalue weighted by atomic mass is 10.0. The Morgan fingerprint density at radius 2 is 1.48 bits per heavy atom. The molecule has 2 rings (SSSR count). The fourth-order valence-corrected chi connectivity index (χ4v) is 2.69. The maximum absolute atomic E-state index is 10.7. The van der Waals surface area contributed by atoms with Gasteiger partial charge in [0.1, 0.15) is 17.2 Å². The summed E-state index contributed by atoms with van der Waals surface area (Å²) in [6, 6.07) is 7.54. The predicted octanol–water partition coefficient (Wildman–Crippen LogP) is 4.44. The van der Waals surface area contributed by atoms with E-state index in [1.54, 1.807) is 12.1 Å². The number of phenols is 1. The first-order valence-corrected chi connectivity index (χ1v) is 7.58. The number of aliphatic carboxylic acids is 1. The summed E-state index contributed by atoms with van der Waals surface area (Å²) in [5, 5.41) is 18.6. The third kappa shape index (κ3) is 4.03. The number of carboxylic acid groups (broad SMARTS) is 1. The molecule has 0 saturated heterocycles. The molecule has 0 saturated carbocycles. The van der Waals surface area contributed by atoms with Gasteiger partial charge in [-0.1, -0.05) is 12.1 Å². The molecule has 0 atom stereocenters. The van der Waals surface area contributed by atoms with Crippen molar-refractivity contribution in [3.63, 3.8) is 0 Å². The second-order valence-corrected chi connectivity index (χ2v) is 5.96. The summed E-state index contributed by atoms with van der Waals surface area (Å²) in [5.74, 6) is 0.946. The second kappa shape index (κ2) is 6.73. The van der Waals surface area contributed by atoms with Crippen LogP contribution >= 0.6 is 0 Å². The van der Waals surface area contributed by atoms with Gasteiger partial charge in [0, 0.05) is 6.42 Å². The first kappa shape index (κ1) is 16.9. The van der Waals surface area contributed by atoms with E-state index in [4.69, 9.17) is 9.84 Å². The first-order chi connectivity index (χ1) is 10.8. The molecule has 0 aliphatic heterocycles. The van der Waals surface area contributed by atoms with E-state index in [1.165, 1.54) is 0 Å². The molecule has 0 amide bonds. The number of carbonyl (C=O) groups is 1. The van der Waals surface area contributed by atoms with Crippen LogP contribution in [-0.4, -0.2) is 16.2 Å². The van der Waals surface area contributed by atoms with Gasteiger partial charge >= 0.3 is 5.97 Å². The van der Waals surface area contributed by atoms with Crippen LogP contribution in [0.15, 0.2) is 24.3 Å². The highest BCUT2D eigenvalue weighted by Gasteiger charge is 2.11. The Morgan fingerprint density at radius 3 is 1.96 bits per heavy atom. The van der Waals surface area contributed by atoms with Crippen LogP contribution in [0.1, 0.15) is 34.2 Å². The maximum atomic E-state index is 10.7. The lowest BCUT2D eigenvalue weighted by molar-refractivity contribution is -0.136. The van der Waals surface area contributed by atoms with Gasteiger partial charge in [0.2, 0.25) is 0 Å². The van der Waals surface area contributed by atoms with Crippen molar-refractivity contribution in [2.45, 2.75) is 40.5 Å². The van der Waals surface area contributed by atoms with E-state index in [1.807, 2.05) is 39.8 Å². The highest BCUT2D eigenvalue weighted by molar-refractivity contribution is 5.67. The number of phenolic OH excluding ortho intramolecular Hbond substituents is 1. The minimum atomic E-state index is -0.796. The number of benzene rings is 2. The fourth-order valence-electron chi connectivity index (χ4n) is 2.69. The predicted molar refractivity (Wildman–Crippen MR) is 89.5 cm³/mol. The van der Waals surface area contributed by atoms with E-state index < -0.39 is 5.97 Å². The minimum absolute atomic E-state index is 0.120. The molecule has 2 aromatic rings. The van der Waals surface area contributed by atoms with Crippen molar-refractivity contribution in [1.82, 2.24) is 0 Å². The van der Waals surface area contributed by atoms with Crippen molar-refractivity contribution in [2.75, 3.05) is 0 Å². The Kier molecular flexibility index (Phi) is 4.94.